The third-order valence-corrected chi connectivity index (χ3v) is 4.68. The molecule has 22 heavy (non-hydrogen) atoms. The van der Waals surface area contributed by atoms with Gasteiger partial charge in [0.1, 0.15) is 12.1 Å². The summed E-state index contributed by atoms with van der Waals surface area (Å²) in [5.41, 5.74) is 3.94. The van der Waals surface area contributed by atoms with Crippen molar-refractivity contribution in [2.45, 2.75) is 32.6 Å². The fourth-order valence-electron chi connectivity index (χ4n) is 2.41. The monoisotopic (exact) mass is 311 g/mol. The fourth-order valence-corrected chi connectivity index (χ4v) is 3.22. The van der Waals surface area contributed by atoms with Crippen LogP contribution in [-0.4, -0.2) is 16.5 Å². The van der Waals surface area contributed by atoms with E-state index in [9.17, 15) is 0 Å². The maximum atomic E-state index is 4.34. The smallest absolute Gasteiger partial charge is 0.147 e. The molecule has 1 aromatic carbocycles. The molecule has 2 aromatic heterocycles. The molecule has 0 atom stereocenters. The summed E-state index contributed by atoms with van der Waals surface area (Å²) in [4.78, 5) is 8.60. The van der Waals surface area contributed by atoms with Gasteiger partial charge in [-0.25, -0.2) is 9.97 Å². The molecule has 0 spiro atoms. The van der Waals surface area contributed by atoms with Gasteiger partial charge in [-0.3, -0.25) is 0 Å². The summed E-state index contributed by atoms with van der Waals surface area (Å²) in [5, 5.41) is 5.48. The minimum Gasteiger partial charge on any atom is -0.368 e. The van der Waals surface area contributed by atoms with Crippen LogP contribution in [0.15, 0.2) is 42.0 Å². The van der Waals surface area contributed by atoms with Crippen LogP contribution in [0.25, 0.3) is 10.2 Å². The largest absolute Gasteiger partial charge is 0.368 e. The number of fused-ring (bicyclic) bond motifs is 1. The van der Waals surface area contributed by atoms with Crippen molar-refractivity contribution in [1.82, 2.24) is 9.97 Å². The van der Waals surface area contributed by atoms with Crippen LogP contribution < -0.4 is 5.32 Å². The summed E-state index contributed by atoms with van der Waals surface area (Å²) in [7, 11) is 0. The Labute approximate surface area is 135 Å². The highest BCUT2D eigenvalue weighted by atomic mass is 32.1. The van der Waals surface area contributed by atoms with Gasteiger partial charge in [0.2, 0.25) is 0 Å². The molecule has 0 aliphatic rings. The molecular formula is C18H21N3S. The molecule has 3 rings (SSSR count). The topological polar surface area (TPSA) is 37.8 Å². The van der Waals surface area contributed by atoms with Gasteiger partial charge in [-0.1, -0.05) is 45.0 Å². The van der Waals surface area contributed by atoms with Crippen LogP contribution >= 0.6 is 11.3 Å². The molecule has 0 unspecified atom stereocenters. The van der Waals surface area contributed by atoms with Gasteiger partial charge >= 0.3 is 0 Å². The Hall–Kier alpha value is -1.94. The van der Waals surface area contributed by atoms with E-state index in [1.54, 1.807) is 17.7 Å². The molecule has 0 fully saturated rings. The summed E-state index contributed by atoms with van der Waals surface area (Å²) < 4.78 is 1.13. The summed E-state index contributed by atoms with van der Waals surface area (Å²) in [6, 6.07) is 10.9. The molecule has 0 saturated heterocycles. The molecule has 0 aliphatic heterocycles. The fraction of sp³-hybridized carbons (Fsp3) is 0.333. The van der Waals surface area contributed by atoms with E-state index in [-0.39, 0.29) is 5.41 Å². The maximum absolute atomic E-state index is 4.34. The Morgan fingerprint density at radius 3 is 2.55 bits per heavy atom. The zero-order valence-corrected chi connectivity index (χ0v) is 14.1. The van der Waals surface area contributed by atoms with Crippen molar-refractivity contribution in [2.75, 3.05) is 11.9 Å². The van der Waals surface area contributed by atoms with E-state index in [1.165, 1.54) is 11.1 Å². The molecule has 0 bridgehead atoms. The zero-order chi connectivity index (χ0) is 15.6. The first-order valence-electron chi connectivity index (χ1n) is 7.55. The van der Waals surface area contributed by atoms with Gasteiger partial charge in [0, 0.05) is 6.54 Å². The van der Waals surface area contributed by atoms with Crippen molar-refractivity contribution in [1.29, 1.82) is 0 Å². The normalized spacial score (nSPS) is 11.8. The van der Waals surface area contributed by atoms with Crippen molar-refractivity contribution >= 4 is 27.4 Å². The third-order valence-electron chi connectivity index (χ3n) is 3.77. The van der Waals surface area contributed by atoms with E-state index < -0.39 is 0 Å². The number of aromatic nitrogens is 2. The van der Waals surface area contributed by atoms with Crippen LogP contribution in [-0.2, 0) is 11.8 Å². The second-order valence-corrected chi connectivity index (χ2v) is 7.40. The zero-order valence-electron chi connectivity index (χ0n) is 13.3. The van der Waals surface area contributed by atoms with Gasteiger partial charge in [-0.15, -0.1) is 11.3 Å². The Balaban J connectivity index is 1.62. The minimum absolute atomic E-state index is 0.211. The number of hydrogen-bond acceptors (Lipinski definition) is 4. The molecule has 3 nitrogen and oxygen atoms in total. The van der Waals surface area contributed by atoms with Crippen LogP contribution in [0.3, 0.4) is 0 Å². The minimum atomic E-state index is 0.211. The highest BCUT2D eigenvalue weighted by Crippen LogP contribution is 2.25. The van der Waals surface area contributed by atoms with Gasteiger partial charge in [0.25, 0.3) is 0 Å². The van der Waals surface area contributed by atoms with Crippen LogP contribution in [0.4, 0.5) is 5.82 Å². The number of thiophene rings is 1. The van der Waals surface area contributed by atoms with E-state index in [2.05, 4.69) is 65.7 Å². The average Bonchev–Trinajstić information content (AvgIpc) is 2.96. The Bertz CT molecular complexity index is 754. The van der Waals surface area contributed by atoms with E-state index in [4.69, 9.17) is 0 Å². The summed E-state index contributed by atoms with van der Waals surface area (Å²) in [6.07, 6.45) is 2.61. The Morgan fingerprint density at radius 2 is 1.82 bits per heavy atom. The molecule has 0 aliphatic carbocycles. The number of anilines is 1. The Kier molecular flexibility index (Phi) is 4.12. The standard InChI is InChI=1S/C18H21N3S/c1-18(2,3)14-6-4-13(5-7-14)8-10-19-17-16-15(9-11-22-16)20-12-21-17/h4-7,9,11-12H,8,10H2,1-3H3,(H,19,20,21). The molecule has 1 N–H and O–H groups in total. The average molecular weight is 311 g/mol. The first kappa shape index (κ1) is 15.0. The van der Waals surface area contributed by atoms with Crippen molar-refractivity contribution in [3.8, 4) is 0 Å². The number of hydrogen-bond donors (Lipinski definition) is 1. The number of benzene rings is 1. The highest BCUT2D eigenvalue weighted by Gasteiger charge is 2.12. The lowest BCUT2D eigenvalue weighted by atomic mass is 9.86. The van der Waals surface area contributed by atoms with Gasteiger partial charge < -0.3 is 5.32 Å². The molecule has 0 amide bonds. The predicted molar refractivity (Wildman–Crippen MR) is 94.8 cm³/mol. The van der Waals surface area contributed by atoms with Crippen LogP contribution in [0.5, 0.6) is 0 Å². The quantitative estimate of drug-likeness (QED) is 0.762. The van der Waals surface area contributed by atoms with Crippen LogP contribution in [0.2, 0.25) is 0 Å². The summed E-state index contributed by atoms with van der Waals surface area (Å²) in [5.74, 6) is 0.936. The molecule has 2 heterocycles. The molecule has 0 saturated carbocycles. The van der Waals surface area contributed by atoms with E-state index >= 15 is 0 Å². The first-order chi connectivity index (χ1) is 10.5. The molecule has 3 aromatic rings. The van der Waals surface area contributed by atoms with Gasteiger partial charge in [-0.05, 0) is 34.4 Å². The van der Waals surface area contributed by atoms with Gasteiger partial charge in [-0.2, -0.15) is 0 Å². The maximum Gasteiger partial charge on any atom is 0.147 e. The lowest BCUT2D eigenvalue weighted by Gasteiger charge is -2.19. The second-order valence-electron chi connectivity index (χ2n) is 6.48. The van der Waals surface area contributed by atoms with Crippen molar-refractivity contribution in [2.24, 2.45) is 0 Å². The Morgan fingerprint density at radius 1 is 1.05 bits per heavy atom. The van der Waals surface area contributed by atoms with Crippen molar-refractivity contribution in [3.63, 3.8) is 0 Å². The highest BCUT2D eigenvalue weighted by molar-refractivity contribution is 7.17. The lowest BCUT2D eigenvalue weighted by molar-refractivity contribution is 0.590. The molecule has 114 valence electrons. The van der Waals surface area contributed by atoms with E-state index in [0.717, 1.165) is 29.0 Å². The number of nitrogens with one attached hydrogen (secondary N) is 1. The molecular weight excluding hydrogens is 290 g/mol. The number of nitrogens with zero attached hydrogens (tertiary/aromatic N) is 2. The second kappa shape index (κ2) is 6.05. The summed E-state index contributed by atoms with van der Waals surface area (Å²) >= 11 is 1.68. The first-order valence-corrected chi connectivity index (χ1v) is 8.43. The summed E-state index contributed by atoms with van der Waals surface area (Å²) in [6.45, 7) is 7.60. The van der Waals surface area contributed by atoms with Gasteiger partial charge in [0.05, 0.1) is 10.2 Å². The SMILES string of the molecule is CC(C)(C)c1ccc(CCNc2ncnc3ccsc23)cc1. The third kappa shape index (κ3) is 3.28. The van der Waals surface area contributed by atoms with Crippen molar-refractivity contribution < 1.29 is 0 Å². The van der Waals surface area contributed by atoms with Crippen LogP contribution in [0, 0.1) is 0 Å². The molecule has 4 heteroatoms. The molecule has 0 radical (unpaired) electrons. The van der Waals surface area contributed by atoms with Gasteiger partial charge in [0.15, 0.2) is 0 Å². The number of rotatable bonds is 4. The lowest BCUT2D eigenvalue weighted by Crippen LogP contribution is -2.11. The van der Waals surface area contributed by atoms with Crippen LogP contribution in [0.1, 0.15) is 31.9 Å². The van der Waals surface area contributed by atoms with E-state index in [1.807, 2.05) is 6.07 Å². The van der Waals surface area contributed by atoms with E-state index in [0.29, 0.717) is 0 Å². The van der Waals surface area contributed by atoms with Crippen molar-refractivity contribution in [3.05, 3.63) is 53.2 Å². The predicted octanol–water partition coefficient (Wildman–Crippen LogP) is 4.64.